The summed E-state index contributed by atoms with van der Waals surface area (Å²) in [7, 11) is 0. The average Bonchev–Trinajstić information content (AvgIpc) is 2.55. The van der Waals surface area contributed by atoms with Crippen LogP contribution in [0.5, 0.6) is 11.5 Å². The number of aryl methyl sites for hydroxylation is 2. The van der Waals surface area contributed by atoms with Crippen molar-refractivity contribution in [3.8, 4) is 11.5 Å². The van der Waals surface area contributed by atoms with Crippen molar-refractivity contribution in [2.75, 3.05) is 13.2 Å². The minimum Gasteiger partial charge on any atom is -0.490 e. The Morgan fingerprint density at radius 3 is 2.50 bits per heavy atom. The van der Waals surface area contributed by atoms with E-state index >= 15 is 0 Å². The van der Waals surface area contributed by atoms with Crippen LogP contribution in [-0.2, 0) is 0 Å². The third-order valence-electron chi connectivity index (χ3n) is 3.64. The van der Waals surface area contributed by atoms with Crippen LogP contribution in [0.1, 0.15) is 37.0 Å². The van der Waals surface area contributed by atoms with Gasteiger partial charge in [-0.05, 0) is 84.1 Å². The minimum absolute atomic E-state index is 0.590. The number of benzene rings is 2. The van der Waals surface area contributed by atoms with E-state index in [2.05, 4.69) is 53.8 Å². The number of nitrogens with zero attached hydrogens (tertiary/aromatic N) is 1. The van der Waals surface area contributed by atoms with Gasteiger partial charge in [0, 0.05) is 6.21 Å². The zero-order valence-corrected chi connectivity index (χ0v) is 16.3. The number of aliphatic imine (C=N–C) groups is 1. The normalized spacial score (nSPS) is 11.0. The first-order chi connectivity index (χ1) is 11.5. The summed E-state index contributed by atoms with van der Waals surface area (Å²) in [4.78, 5) is 4.57. The largest absolute Gasteiger partial charge is 0.490 e. The molecule has 0 spiro atoms. The van der Waals surface area contributed by atoms with Gasteiger partial charge in [0.1, 0.15) is 0 Å². The number of ether oxygens (including phenoxy) is 2. The molecule has 0 amide bonds. The fraction of sp³-hybridized carbons (Fsp3) is 0.350. The first kappa shape index (κ1) is 18.5. The van der Waals surface area contributed by atoms with Crippen LogP contribution in [0.2, 0.25) is 0 Å². The molecule has 0 saturated carbocycles. The highest BCUT2D eigenvalue weighted by Gasteiger charge is 2.11. The van der Waals surface area contributed by atoms with Crippen LogP contribution >= 0.6 is 15.9 Å². The molecule has 0 saturated heterocycles. The molecule has 0 heterocycles. The molecule has 0 aliphatic carbocycles. The summed E-state index contributed by atoms with van der Waals surface area (Å²) in [5.74, 6) is 1.49. The average molecular weight is 390 g/mol. The third kappa shape index (κ3) is 4.84. The molecular formula is C20H24BrNO2. The Balaban J connectivity index is 2.29. The van der Waals surface area contributed by atoms with Crippen LogP contribution in [0.25, 0.3) is 0 Å². The molecule has 0 aliphatic heterocycles. The molecule has 0 unspecified atom stereocenters. The van der Waals surface area contributed by atoms with E-state index in [9.17, 15) is 0 Å². The molecule has 2 aromatic carbocycles. The second-order valence-corrected chi connectivity index (χ2v) is 6.49. The molecule has 2 aromatic rings. The number of rotatable bonds is 7. The number of hydrogen-bond acceptors (Lipinski definition) is 3. The second-order valence-electron chi connectivity index (χ2n) is 5.64. The molecule has 24 heavy (non-hydrogen) atoms. The molecule has 128 valence electrons. The van der Waals surface area contributed by atoms with Crippen molar-refractivity contribution in [2.24, 2.45) is 4.99 Å². The lowest BCUT2D eigenvalue weighted by Crippen LogP contribution is -2.01. The summed E-state index contributed by atoms with van der Waals surface area (Å²) in [6, 6.07) is 10.2. The molecule has 4 heteroatoms. The van der Waals surface area contributed by atoms with Crippen LogP contribution in [0.15, 0.2) is 39.8 Å². The Labute approximate surface area is 152 Å². The molecule has 0 aliphatic rings. The van der Waals surface area contributed by atoms with Crippen LogP contribution < -0.4 is 9.47 Å². The zero-order chi connectivity index (χ0) is 17.5. The lowest BCUT2D eigenvalue weighted by atomic mass is 10.1. The Hall–Kier alpha value is -1.81. The third-order valence-corrected chi connectivity index (χ3v) is 4.22. The van der Waals surface area contributed by atoms with E-state index < -0.39 is 0 Å². The van der Waals surface area contributed by atoms with Crippen LogP contribution in [0.3, 0.4) is 0 Å². The van der Waals surface area contributed by atoms with Crippen molar-refractivity contribution in [3.05, 3.63) is 51.5 Å². The van der Waals surface area contributed by atoms with Gasteiger partial charge in [0.15, 0.2) is 11.5 Å². The van der Waals surface area contributed by atoms with E-state index in [0.717, 1.165) is 33.6 Å². The molecule has 0 aromatic heterocycles. The van der Waals surface area contributed by atoms with Crippen molar-refractivity contribution < 1.29 is 9.47 Å². The van der Waals surface area contributed by atoms with Gasteiger partial charge in [-0.3, -0.25) is 4.99 Å². The molecule has 3 nitrogen and oxygen atoms in total. The fourth-order valence-corrected chi connectivity index (χ4v) is 2.80. The van der Waals surface area contributed by atoms with Gasteiger partial charge in [0.2, 0.25) is 0 Å². The highest BCUT2D eigenvalue weighted by atomic mass is 79.9. The first-order valence-electron chi connectivity index (χ1n) is 8.25. The van der Waals surface area contributed by atoms with E-state index in [1.807, 2.05) is 31.3 Å². The van der Waals surface area contributed by atoms with Gasteiger partial charge in [-0.2, -0.15) is 0 Å². The monoisotopic (exact) mass is 389 g/mol. The minimum atomic E-state index is 0.590. The summed E-state index contributed by atoms with van der Waals surface area (Å²) in [6.07, 6.45) is 2.80. The van der Waals surface area contributed by atoms with Gasteiger partial charge < -0.3 is 9.47 Å². The van der Waals surface area contributed by atoms with Gasteiger partial charge in [0.25, 0.3) is 0 Å². The van der Waals surface area contributed by atoms with Crippen LogP contribution in [-0.4, -0.2) is 19.4 Å². The summed E-state index contributed by atoms with van der Waals surface area (Å²) in [6.45, 7) is 9.49. The van der Waals surface area contributed by atoms with E-state index in [4.69, 9.17) is 9.47 Å². The van der Waals surface area contributed by atoms with Crippen LogP contribution in [0, 0.1) is 13.8 Å². The number of halogens is 1. The molecule has 0 radical (unpaired) electrons. The van der Waals surface area contributed by atoms with Gasteiger partial charge in [-0.1, -0.05) is 13.0 Å². The van der Waals surface area contributed by atoms with Gasteiger partial charge >= 0.3 is 0 Å². The molecule has 0 bridgehead atoms. The summed E-state index contributed by atoms with van der Waals surface area (Å²) >= 11 is 3.58. The van der Waals surface area contributed by atoms with Gasteiger partial charge in [-0.25, -0.2) is 0 Å². The Bertz CT molecular complexity index is 726. The van der Waals surface area contributed by atoms with Crippen molar-refractivity contribution in [2.45, 2.75) is 34.1 Å². The van der Waals surface area contributed by atoms with Crippen molar-refractivity contribution >= 4 is 27.8 Å². The highest BCUT2D eigenvalue weighted by molar-refractivity contribution is 9.10. The maximum Gasteiger partial charge on any atom is 0.175 e. The smallest absolute Gasteiger partial charge is 0.175 e. The molecule has 0 N–H and O–H groups in total. The standard InChI is InChI=1S/C20H24BrNO2/c1-5-9-24-20-18(21)11-16(12-19(20)23-6-2)13-22-17-8-7-14(3)15(4)10-17/h7-8,10-13H,5-6,9H2,1-4H3. The lowest BCUT2D eigenvalue weighted by Gasteiger charge is -2.14. The van der Waals surface area contributed by atoms with Crippen molar-refractivity contribution in [3.63, 3.8) is 0 Å². The van der Waals surface area contributed by atoms with E-state index in [0.29, 0.717) is 13.2 Å². The lowest BCUT2D eigenvalue weighted by molar-refractivity contribution is 0.275. The summed E-state index contributed by atoms with van der Waals surface area (Å²) in [5, 5.41) is 0. The number of hydrogen-bond donors (Lipinski definition) is 0. The molecule has 0 fully saturated rings. The Kier molecular flexibility index (Phi) is 6.85. The highest BCUT2D eigenvalue weighted by Crippen LogP contribution is 2.36. The van der Waals surface area contributed by atoms with Gasteiger partial charge in [-0.15, -0.1) is 0 Å². The molecule has 2 rings (SSSR count). The second kappa shape index (κ2) is 8.88. The Morgan fingerprint density at radius 2 is 1.83 bits per heavy atom. The van der Waals surface area contributed by atoms with Crippen molar-refractivity contribution in [1.82, 2.24) is 0 Å². The summed E-state index contributed by atoms with van der Waals surface area (Å²) < 4.78 is 12.4. The first-order valence-corrected chi connectivity index (χ1v) is 9.05. The van der Waals surface area contributed by atoms with E-state index in [1.54, 1.807) is 0 Å². The van der Waals surface area contributed by atoms with Crippen molar-refractivity contribution in [1.29, 1.82) is 0 Å². The maximum atomic E-state index is 5.80. The fourth-order valence-electron chi connectivity index (χ4n) is 2.22. The van der Waals surface area contributed by atoms with E-state index in [-0.39, 0.29) is 0 Å². The zero-order valence-electron chi connectivity index (χ0n) is 14.7. The Morgan fingerprint density at radius 1 is 1.04 bits per heavy atom. The quantitative estimate of drug-likeness (QED) is 0.543. The predicted octanol–water partition coefficient (Wildman–Crippen LogP) is 6.00. The SMILES string of the molecule is CCCOc1c(Br)cc(C=Nc2ccc(C)c(C)c2)cc1OCC. The summed E-state index contributed by atoms with van der Waals surface area (Å²) in [5.41, 5.74) is 4.42. The topological polar surface area (TPSA) is 30.8 Å². The molecular weight excluding hydrogens is 366 g/mol. The van der Waals surface area contributed by atoms with Crippen LogP contribution in [0.4, 0.5) is 5.69 Å². The van der Waals surface area contributed by atoms with E-state index in [1.165, 1.54) is 11.1 Å². The molecule has 0 atom stereocenters. The maximum absolute atomic E-state index is 5.80. The predicted molar refractivity (Wildman–Crippen MR) is 104 cm³/mol. The van der Waals surface area contributed by atoms with Gasteiger partial charge in [0.05, 0.1) is 23.4 Å².